The molecule has 1 N–H and O–H groups in total. The molecule has 2 nitrogen and oxygen atoms in total. The van der Waals surface area contributed by atoms with Crippen LogP contribution in [-0.2, 0) is 0 Å². The van der Waals surface area contributed by atoms with Crippen molar-refractivity contribution in [3.8, 4) is 5.75 Å². The molecule has 3 rings (SSSR count). The van der Waals surface area contributed by atoms with Crippen molar-refractivity contribution in [1.82, 2.24) is 0 Å². The smallest absolute Gasteiger partial charge is 0.127 e. The Kier molecular flexibility index (Phi) is 3.40. The largest absolute Gasteiger partial charge is 0.485 e. The average molecular weight is 293 g/mol. The van der Waals surface area contributed by atoms with Gasteiger partial charge in [-0.05, 0) is 48.4 Å². The third kappa shape index (κ3) is 2.39. The van der Waals surface area contributed by atoms with Crippen molar-refractivity contribution in [1.29, 1.82) is 0 Å². The molecular weight excluding hydrogens is 279 g/mol. The molecule has 2 aromatic carbocycles. The summed E-state index contributed by atoms with van der Waals surface area (Å²) in [7, 11) is 0. The maximum Gasteiger partial charge on any atom is 0.127 e. The molecule has 1 aliphatic heterocycles. The Balaban J connectivity index is 1.97. The molecule has 0 amide bonds. The summed E-state index contributed by atoms with van der Waals surface area (Å²) in [5.74, 6) is 0.358. The topological polar surface area (TPSA) is 29.5 Å². The van der Waals surface area contributed by atoms with Crippen LogP contribution >= 0.6 is 11.6 Å². The fraction of sp³-hybridized carbons (Fsp3) is 0.250. The monoisotopic (exact) mass is 292 g/mol. The molecule has 4 heteroatoms. The summed E-state index contributed by atoms with van der Waals surface area (Å²) in [5.41, 5.74) is 2.42. The average Bonchev–Trinajstić information content (AvgIpc) is 2.39. The van der Waals surface area contributed by atoms with Gasteiger partial charge in [0.15, 0.2) is 0 Å². The maximum atomic E-state index is 13.2. The predicted molar refractivity (Wildman–Crippen MR) is 75.5 cm³/mol. The molecule has 1 unspecified atom stereocenters. The van der Waals surface area contributed by atoms with Crippen LogP contribution in [0.2, 0.25) is 5.02 Å². The second kappa shape index (κ2) is 5.08. The highest BCUT2D eigenvalue weighted by molar-refractivity contribution is 6.30. The summed E-state index contributed by atoms with van der Waals surface area (Å²) >= 11 is 5.93. The molecule has 0 aromatic heterocycles. The number of hydrogen-bond acceptors (Lipinski definition) is 2. The lowest BCUT2D eigenvalue weighted by Crippen LogP contribution is -2.19. The Hall–Kier alpha value is -1.58. The minimum Gasteiger partial charge on any atom is -0.485 e. The first-order valence-electron chi connectivity index (χ1n) is 6.45. The zero-order chi connectivity index (χ0) is 14.3. The van der Waals surface area contributed by atoms with Crippen molar-refractivity contribution in [2.45, 2.75) is 25.6 Å². The molecule has 0 spiro atoms. The molecule has 1 heterocycles. The predicted octanol–water partition coefficient (Wildman–Crippen LogP) is 4.34. The van der Waals surface area contributed by atoms with Crippen LogP contribution < -0.4 is 4.74 Å². The second-order valence-electron chi connectivity index (χ2n) is 5.04. The highest BCUT2D eigenvalue weighted by Crippen LogP contribution is 2.42. The van der Waals surface area contributed by atoms with Gasteiger partial charge in [-0.2, -0.15) is 0 Å². The SMILES string of the molecule is Cc1cc(F)ccc1C1C[C@H](O)c2cc(Cl)ccc2O1. The third-order valence-electron chi connectivity index (χ3n) is 3.62. The van der Waals surface area contributed by atoms with Crippen molar-refractivity contribution in [2.75, 3.05) is 0 Å². The standard InChI is InChI=1S/C16H14ClFO2/c1-9-6-11(18)3-4-12(9)16-8-14(19)13-7-10(17)2-5-15(13)20-16/h2-7,14,16,19H,8H2,1H3/t14-,16?/m0/s1. The molecule has 104 valence electrons. The van der Waals surface area contributed by atoms with Gasteiger partial charge in [0.25, 0.3) is 0 Å². The third-order valence-corrected chi connectivity index (χ3v) is 3.85. The van der Waals surface area contributed by atoms with Crippen LogP contribution in [0.1, 0.15) is 35.3 Å². The zero-order valence-electron chi connectivity index (χ0n) is 10.9. The van der Waals surface area contributed by atoms with E-state index in [9.17, 15) is 9.50 Å². The molecule has 0 fully saturated rings. The first kappa shape index (κ1) is 13.4. The van der Waals surface area contributed by atoms with E-state index in [-0.39, 0.29) is 11.9 Å². The van der Waals surface area contributed by atoms with E-state index >= 15 is 0 Å². The van der Waals surface area contributed by atoms with Crippen LogP contribution in [0.4, 0.5) is 4.39 Å². The lowest BCUT2D eigenvalue weighted by atomic mass is 9.93. The summed E-state index contributed by atoms with van der Waals surface area (Å²) in [5, 5.41) is 10.8. The quantitative estimate of drug-likeness (QED) is 0.847. The Morgan fingerprint density at radius 2 is 2.00 bits per heavy atom. The van der Waals surface area contributed by atoms with Crippen molar-refractivity contribution >= 4 is 11.6 Å². The van der Waals surface area contributed by atoms with Crippen molar-refractivity contribution in [3.05, 3.63) is 63.9 Å². The van der Waals surface area contributed by atoms with Gasteiger partial charge in [-0.25, -0.2) is 4.39 Å². The van der Waals surface area contributed by atoms with Gasteiger partial charge in [0.1, 0.15) is 17.7 Å². The van der Waals surface area contributed by atoms with E-state index in [1.165, 1.54) is 12.1 Å². The minimum absolute atomic E-state index is 0.269. The Morgan fingerprint density at radius 3 is 2.75 bits per heavy atom. The fourth-order valence-corrected chi connectivity index (χ4v) is 2.79. The Morgan fingerprint density at radius 1 is 1.20 bits per heavy atom. The Bertz CT molecular complexity index is 657. The number of aliphatic hydroxyl groups excluding tert-OH is 1. The highest BCUT2D eigenvalue weighted by atomic mass is 35.5. The van der Waals surface area contributed by atoms with Gasteiger partial charge in [0.2, 0.25) is 0 Å². The van der Waals surface area contributed by atoms with E-state index < -0.39 is 6.10 Å². The molecule has 0 saturated heterocycles. The van der Waals surface area contributed by atoms with Gasteiger partial charge < -0.3 is 9.84 Å². The fourth-order valence-electron chi connectivity index (χ4n) is 2.61. The van der Waals surface area contributed by atoms with Gasteiger partial charge in [-0.15, -0.1) is 0 Å². The number of halogens is 2. The first-order valence-corrected chi connectivity index (χ1v) is 6.82. The van der Waals surface area contributed by atoms with E-state index in [2.05, 4.69) is 0 Å². The summed E-state index contributed by atoms with van der Waals surface area (Å²) in [6.07, 6.45) is -0.481. The van der Waals surface area contributed by atoms with Crippen LogP contribution in [0.15, 0.2) is 36.4 Å². The van der Waals surface area contributed by atoms with E-state index in [1.807, 2.05) is 6.92 Å². The van der Waals surface area contributed by atoms with E-state index in [0.717, 1.165) is 11.1 Å². The van der Waals surface area contributed by atoms with Crippen molar-refractivity contribution in [2.24, 2.45) is 0 Å². The molecule has 1 aliphatic rings. The summed E-state index contributed by atoms with van der Waals surface area (Å²) in [6.45, 7) is 1.84. The number of hydrogen-bond donors (Lipinski definition) is 1. The lowest BCUT2D eigenvalue weighted by molar-refractivity contribution is 0.0654. The van der Waals surface area contributed by atoms with Crippen molar-refractivity contribution in [3.63, 3.8) is 0 Å². The van der Waals surface area contributed by atoms with Gasteiger partial charge in [0.05, 0.1) is 6.10 Å². The maximum absolute atomic E-state index is 13.2. The molecule has 20 heavy (non-hydrogen) atoms. The zero-order valence-corrected chi connectivity index (χ0v) is 11.7. The highest BCUT2D eigenvalue weighted by Gasteiger charge is 2.29. The van der Waals surface area contributed by atoms with Gasteiger partial charge in [-0.1, -0.05) is 17.7 Å². The first-order chi connectivity index (χ1) is 9.54. The van der Waals surface area contributed by atoms with E-state index in [1.54, 1.807) is 24.3 Å². The molecule has 0 bridgehead atoms. The summed E-state index contributed by atoms with van der Waals surface area (Å²) < 4.78 is 19.1. The number of fused-ring (bicyclic) bond motifs is 1. The van der Waals surface area contributed by atoms with Crippen LogP contribution in [0.3, 0.4) is 0 Å². The number of aliphatic hydroxyl groups is 1. The molecule has 0 aliphatic carbocycles. The van der Waals surface area contributed by atoms with Gasteiger partial charge in [-0.3, -0.25) is 0 Å². The number of aryl methyl sites for hydroxylation is 1. The molecule has 0 radical (unpaired) electrons. The molecule has 0 saturated carbocycles. The molecule has 2 aromatic rings. The van der Waals surface area contributed by atoms with E-state index in [4.69, 9.17) is 16.3 Å². The van der Waals surface area contributed by atoms with Crippen LogP contribution in [0, 0.1) is 12.7 Å². The van der Waals surface area contributed by atoms with Crippen LogP contribution in [0.25, 0.3) is 0 Å². The normalized spacial score (nSPS) is 21.2. The van der Waals surface area contributed by atoms with Gasteiger partial charge in [0, 0.05) is 17.0 Å². The number of ether oxygens (including phenoxy) is 1. The van der Waals surface area contributed by atoms with Crippen molar-refractivity contribution < 1.29 is 14.2 Å². The summed E-state index contributed by atoms with van der Waals surface area (Å²) in [6, 6.07) is 9.80. The second-order valence-corrected chi connectivity index (χ2v) is 5.48. The number of benzene rings is 2. The minimum atomic E-state index is -0.632. The Labute approximate surface area is 121 Å². The number of rotatable bonds is 1. The summed E-state index contributed by atoms with van der Waals surface area (Å²) in [4.78, 5) is 0. The lowest BCUT2D eigenvalue weighted by Gasteiger charge is -2.30. The van der Waals surface area contributed by atoms with E-state index in [0.29, 0.717) is 22.8 Å². The molecular formula is C16H14ClFO2. The van der Waals surface area contributed by atoms with Crippen LogP contribution in [-0.4, -0.2) is 5.11 Å². The van der Waals surface area contributed by atoms with Gasteiger partial charge >= 0.3 is 0 Å². The van der Waals surface area contributed by atoms with Crippen LogP contribution in [0.5, 0.6) is 5.75 Å². The molecule has 2 atom stereocenters.